The minimum Gasteiger partial charge on any atom is -0.497 e. The van der Waals surface area contributed by atoms with Crippen molar-refractivity contribution in [3.05, 3.63) is 41.5 Å². The first kappa shape index (κ1) is 57.6. The highest BCUT2D eigenvalue weighted by molar-refractivity contribution is 8.14. The lowest BCUT2D eigenvalue weighted by Crippen LogP contribution is -2.57. The quantitative estimate of drug-likeness (QED) is 0.0464. The number of carboxylic acid groups (broad SMARTS) is 1. The average molecular weight is 972 g/mol. The van der Waals surface area contributed by atoms with Gasteiger partial charge in [0, 0.05) is 37.8 Å². The van der Waals surface area contributed by atoms with Gasteiger partial charge in [-0.2, -0.15) is 0 Å². The number of likely N-dealkylation sites (N-methyl/N-ethyl adjacent to an activating group) is 2. The Morgan fingerprint density at radius 2 is 1.60 bits per heavy atom. The molecule has 3 rings (SSSR count). The molecule has 378 valence electrons. The molecule has 14 nitrogen and oxygen atoms in total. The molecule has 1 aromatic rings. The maximum atomic E-state index is 14.3. The van der Waals surface area contributed by atoms with Crippen molar-refractivity contribution in [3.63, 3.8) is 0 Å². The molecule has 2 aliphatic rings. The second-order valence-electron chi connectivity index (χ2n) is 20.2. The lowest BCUT2D eigenvalue weighted by Gasteiger charge is -2.38. The molecule has 0 radical (unpaired) electrons. The number of nitrogens with zero attached hydrogens (tertiary/aromatic N) is 3. The summed E-state index contributed by atoms with van der Waals surface area (Å²) >= 11 is 1.69. The number of esters is 1. The third-order valence-electron chi connectivity index (χ3n) is 14.3. The van der Waals surface area contributed by atoms with E-state index in [1.807, 2.05) is 25.1 Å². The highest BCUT2D eigenvalue weighted by atomic mass is 32.2. The molecule has 0 bridgehead atoms. The number of hydrogen-bond acceptors (Lipinski definition) is 11. The fraction of sp³-hybridized carbons (Fsp3) is 0.725. The number of methoxy groups -OCH3 is 1. The van der Waals surface area contributed by atoms with Crippen molar-refractivity contribution in [2.45, 2.75) is 182 Å². The van der Waals surface area contributed by atoms with Gasteiger partial charge < -0.3 is 39.4 Å². The first-order valence-corrected chi connectivity index (χ1v) is 28.2. The molecular formula is C51H85N5O9SSi. The summed E-state index contributed by atoms with van der Waals surface area (Å²) in [4.78, 5) is 75.0. The van der Waals surface area contributed by atoms with E-state index in [-0.39, 0.29) is 59.9 Å². The monoisotopic (exact) mass is 972 g/mol. The number of hydrogen-bond donors (Lipinski definition) is 3. The summed E-state index contributed by atoms with van der Waals surface area (Å²) < 4.78 is 18.9. The van der Waals surface area contributed by atoms with E-state index in [1.54, 1.807) is 51.8 Å². The average Bonchev–Trinajstić information content (AvgIpc) is 4.02. The minimum absolute atomic E-state index is 0.00317. The van der Waals surface area contributed by atoms with Crippen molar-refractivity contribution in [3.8, 4) is 5.75 Å². The lowest BCUT2D eigenvalue weighted by atomic mass is 9.81. The predicted molar refractivity (Wildman–Crippen MR) is 272 cm³/mol. The van der Waals surface area contributed by atoms with Crippen LogP contribution in [0.3, 0.4) is 0 Å². The molecule has 0 unspecified atom stereocenters. The molecule has 1 fully saturated rings. The van der Waals surface area contributed by atoms with Gasteiger partial charge in [0.2, 0.25) is 17.7 Å². The van der Waals surface area contributed by atoms with Crippen molar-refractivity contribution in [2.75, 3.05) is 33.5 Å². The highest BCUT2D eigenvalue weighted by Gasteiger charge is 2.40. The van der Waals surface area contributed by atoms with E-state index in [4.69, 9.17) is 18.9 Å². The summed E-state index contributed by atoms with van der Waals surface area (Å²) in [5.41, 5.74) is 0.946. The number of rotatable bonds is 26. The molecule has 10 atom stereocenters. The molecule has 0 aliphatic carbocycles. The smallest absolute Gasteiger partial charge is 0.326 e. The van der Waals surface area contributed by atoms with Crippen LogP contribution in [0.25, 0.3) is 0 Å². The van der Waals surface area contributed by atoms with Crippen LogP contribution in [0.2, 0.25) is 18.1 Å². The van der Waals surface area contributed by atoms with Gasteiger partial charge in [-0.05, 0) is 99.2 Å². The Balaban J connectivity index is 1.86. The summed E-state index contributed by atoms with van der Waals surface area (Å²) in [6.45, 7) is 25.3. The molecule has 3 N–H and O–H groups in total. The Bertz CT molecular complexity index is 1850. The summed E-state index contributed by atoms with van der Waals surface area (Å²) in [5, 5.41) is 17.2. The summed E-state index contributed by atoms with van der Waals surface area (Å²) in [6.07, 6.45) is 5.50. The zero-order valence-corrected chi connectivity index (χ0v) is 45.2. The number of nitrogens with one attached hydrogen (secondary N) is 2. The van der Waals surface area contributed by atoms with E-state index in [0.717, 1.165) is 61.0 Å². The molecule has 0 spiro atoms. The van der Waals surface area contributed by atoms with Gasteiger partial charge >= 0.3 is 11.9 Å². The van der Waals surface area contributed by atoms with Crippen molar-refractivity contribution in [2.24, 2.45) is 28.2 Å². The van der Waals surface area contributed by atoms with E-state index in [9.17, 15) is 29.1 Å². The topological polar surface area (TPSA) is 176 Å². The van der Waals surface area contributed by atoms with Gasteiger partial charge in [-0.15, -0.1) is 11.8 Å². The number of benzene rings is 1. The predicted octanol–water partition coefficient (Wildman–Crippen LogP) is 8.14. The van der Waals surface area contributed by atoms with Crippen LogP contribution < -0.4 is 15.4 Å². The molecule has 0 saturated carbocycles. The number of amides is 3. The van der Waals surface area contributed by atoms with Crippen molar-refractivity contribution < 1.29 is 43.0 Å². The zero-order valence-electron chi connectivity index (χ0n) is 43.4. The molecular weight excluding hydrogens is 887 g/mol. The number of thioether (sulfide) groups is 1. The fourth-order valence-corrected chi connectivity index (χ4v) is 13.1. The van der Waals surface area contributed by atoms with E-state index in [0.29, 0.717) is 23.5 Å². The highest BCUT2D eigenvalue weighted by Crippen LogP contribution is 2.36. The standard InChI is InChI=1S/C51H85N5O9SSi/c1-16-33(6)44(49(60)61)56(14)47(58)36(9)55(13)48(59)41(30-37-22-24-39(63-15)25-23-37)54-45(57)34(7)29-38-31-66-46(53-38)35(8)42(65-67(17-2,18-3)19-4)27-32(5)28-43(51(10,11)12)64-50(62)40-21-20-26-52-40/h22-25,29,32-33,35-36,38,40-44,52H,16-21,26-28,30-31H2,1-15H3,(H,54,57)(H,60,61)/b34-29+/t32-,33-,35-,36-,38-,40-,41-,42-,43-,44-/m0/s1. The Labute approximate surface area is 407 Å². The summed E-state index contributed by atoms with van der Waals surface area (Å²) in [7, 11) is 2.47. The van der Waals surface area contributed by atoms with Gasteiger partial charge in [-0.25, -0.2) is 4.79 Å². The number of carbonyl (C=O) groups excluding carboxylic acids is 4. The van der Waals surface area contributed by atoms with Crippen LogP contribution in [0, 0.1) is 23.2 Å². The molecule has 2 aliphatic heterocycles. The number of carboxylic acids is 1. The normalized spacial score (nSPS) is 20.3. The number of aliphatic carboxylic acids is 1. The molecule has 2 heterocycles. The molecule has 0 aromatic heterocycles. The van der Waals surface area contributed by atoms with Gasteiger partial charge in [-0.1, -0.05) is 93.9 Å². The zero-order chi connectivity index (χ0) is 50.4. The van der Waals surface area contributed by atoms with Gasteiger partial charge in [0.25, 0.3) is 0 Å². The molecule has 16 heteroatoms. The molecule has 1 aromatic carbocycles. The van der Waals surface area contributed by atoms with Crippen LogP contribution in [0.5, 0.6) is 5.75 Å². The van der Waals surface area contributed by atoms with Gasteiger partial charge in [0.05, 0.1) is 24.3 Å². The van der Waals surface area contributed by atoms with Gasteiger partial charge in [0.15, 0.2) is 8.32 Å². The van der Waals surface area contributed by atoms with E-state index < -0.39 is 50.1 Å². The van der Waals surface area contributed by atoms with Gasteiger partial charge in [-0.3, -0.25) is 24.2 Å². The Hall–Kier alpha value is -3.73. The van der Waals surface area contributed by atoms with E-state index in [1.165, 1.54) is 23.9 Å². The van der Waals surface area contributed by atoms with Crippen LogP contribution in [0.15, 0.2) is 40.9 Å². The first-order valence-electron chi connectivity index (χ1n) is 24.7. The SMILES string of the molecule is CC[C@H](C)[C@@H](C(=O)O)N(C)C(=O)[C@H](C)N(C)C(=O)[C@H](Cc1ccc(OC)cc1)NC(=O)/C(C)=C/[C@H]1CSC([C@@H](C)[C@H](C[C@H](C)C[C@H](OC(=O)[C@@H]2CCCN2)C(C)(C)C)O[Si](CC)(CC)CC)=N1. The van der Waals surface area contributed by atoms with Crippen LogP contribution in [0.1, 0.15) is 121 Å². The second-order valence-corrected chi connectivity index (χ2v) is 26.0. The van der Waals surface area contributed by atoms with E-state index in [2.05, 4.69) is 66.0 Å². The third-order valence-corrected chi connectivity index (χ3v) is 20.2. The number of ether oxygens (including phenoxy) is 2. The summed E-state index contributed by atoms with van der Waals surface area (Å²) in [6, 6.07) is 6.63. The Kier molecular flexibility index (Phi) is 22.6. The largest absolute Gasteiger partial charge is 0.497 e. The maximum Gasteiger partial charge on any atom is 0.326 e. The van der Waals surface area contributed by atoms with Crippen LogP contribution in [-0.4, -0.2) is 134 Å². The maximum absolute atomic E-state index is 14.3. The Morgan fingerprint density at radius 3 is 2.12 bits per heavy atom. The van der Waals surface area contributed by atoms with Crippen molar-refractivity contribution in [1.29, 1.82) is 0 Å². The van der Waals surface area contributed by atoms with Crippen LogP contribution in [-0.2, 0) is 39.6 Å². The van der Waals surface area contributed by atoms with Crippen molar-refractivity contribution >= 4 is 54.8 Å². The lowest BCUT2D eigenvalue weighted by molar-refractivity contribution is -0.158. The fourth-order valence-electron chi connectivity index (χ4n) is 9.00. The number of aliphatic imine (C=N–C) groups is 1. The summed E-state index contributed by atoms with van der Waals surface area (Å²) in [5.74, 6) is -1.53. The minimum atomic E-state index is -2.05. The molecule has 67 heavy (non-hydrogen) atoms. The van der Waals surface area contributed by atoms with Crippen molar-refractivity contribution in [1.82, 2.24) is 20.4 Å². The van der Waals surface area contributed by atoms with E-state index >= 15 is 0 Å². The Morgan fingerprint density at radius 1 is 0.970 bits per heavy atom. The number of carbonyl (C=O) groups is 5. The second kappa shape index (κ2) is 26.3. The first-order chi connectivity index (χ1) is 31.5. The van der Waals surface area contributed by atoms with Crippen LogP contribution in [0.4, 0.5) is 0 Å². The van der Waals surface area contributed by atoms with Gasteiger partial charge in [0.1, 0.15) is 36.0 Å². The molecule has 3 amide bonds. The van der Waals surface area contributed by atoms with Crippen LogP contribution >= 0.6 is 11.8 Å². The third kappa shape index (κ3) is 16.2. The molecule has 1 saturated heterocycles.